The number of fused-ring (bicyclic) bond motifs is 1. The highest BCUT2D eigenvalue weighted by Gasteiger charge is 2.12. The van der Waals surface area contributed by atoms with Crippen molar-refractivity contribution in [3.8, 4) is 0 Å². The molecule has 2 aromatic rings. The molecule has 1 aliphatic heterocycles. The second-order valence-corrected chi connectivity index (χ2v) is 6.43. The molecule has 1 unspecified atom stereocenters. The van der Waals surface area contributed by atoms with Crippen molar-refractivity contribution in [1.82, 2.24) is 10.3 Å². The lowest BCUT2D eigenvalue weighted by Gasteiger charge is -2.21. The van der Waals surface area contributed by atoms with Crippen LogP contribution in [-0.4, -0.2) is 22.5 Å². The Labute approximate surface area is 113 Å². The molecule has 0 saturated carbocycles. The number of aromatic amines is 1. The summed E-state index contributed by atoms with van der Waals surface area (Å²) in [6, 6.07) is 8.78. The van der Waals surface area contributed by atoms with E-state index in [0.29, 0.717) is 0 Å². The summed E-state index contributed by atoms with van der Waals surface area (Å²) in [7, 11) is 0. The molecule has 2 N–H and O–H groups in total. The first-order valence-electron chi connectivity index (χ1n) is 6.80. The molecular weight excluding hydrogens is 240 g/mol. The van der Waals surface area contributed by atoms with E-state index in [-0.39, 0.29) is 0 Å². The summed E-state index contributed by atoms with van der Waals surface area (Å²) in [5.74, 6) is 1.35. The maximum absolute atomic E-state index is 3.60. The molecule has 18 heavy (non-hydrogen) atoms. The fourth-order valence-corrected chi connectivity index (χ4v) is 3.83. The van der Waals surface area contributed by atoms with Crippen molar-refractivity contribution >= 4 is 22.7 Å². The van der Waals surface area contributed by atoms with E-state index in [2.05, 4.69) is 46.3 Å². The van der Waals surface area contributed by atoms with E-state index in [0.717, 1.165) is 18.3 Å². The lowest BCUT2D eigenvalue weighted by Crippen LogP contribution is -2.26. The van der Waals surface area contributed by atoms with Crippen molar-refractivity contribution < 1.29 is 0 Å². The van der Waals surface area contributed by atoms with E-state index in [1.807, 2.05) is 6.20 Å². The molecule has 0 radical (unpaired) electrons. The standard InChI is InChI=1S/C15H20N2S/c1-2-8-18-14(3-1)11-16-10-12-4-5-15-13(9-12)6-7-17-15/h4-7,9,14,16-17H,1-3,8,10-11H2. The van der Waals surface area contributed by atoms with Crippen LogP contribution in [0.4, 0.5) is 0 Å². The van der Waals surface area contributed by atoms with Crippen LogP contribution >= 0.6 is 11.8 Å². The number of H-pyrrole nitrogens is 1. The predicted molar refractivity (Wildman–Crippen MR) is 80.1 cm³/mol. The Bertz CT molecular complexity index is 500. The SMILES string of the molecule is c1cc2cc(CNCC3CCCCS3)ccc2[nH]1. The van der Waals surface area contributed by atoms with E-state index in [1.54, 1.807) is 0 Å². The van der Waals surface area contributed by atoms with Crippen LogP contribution in [0.3, 0.4) is 0 Å². The molecule has 1 aliphatic rings. The molecule has 2 nitrogen and oxygen atoms in total. The van der Waals surface area contributed by atoms with Gasteiger partial charge in [-0.1, -0.05) is 12.5 Å². The minimum Gasteiger partial charge on any atom is -0.361 e. The zero-order chi connectivity index (χ0) is 12.2. The third kappa shape index (κ3) is 2.90. The van der Waals surface area contributed by atoms with E-state index in [9.17, 15) is 0 Å². The van der Waals surface area contributed by atoms with Gasteiger partial charge in [0.25, 0.3) is 0 Å². The number of benzene rings is 1. The average molecular weight is 260 g/mol. The molecule has 0 bridgehead atoms. The van der Waals surface area contributed by atoms with Gasteiger partial charge >= 0.3 is 0 Å². The normalized spacial score (nSPS) is 20.3. The van der Waals surface area contributed by atoms with Gasteiger partial charge in [0, 0.05) is 30.1 Å². The van der Waals surface area contributed by atoms with Crippen LogP contribution in [0.5, 0.6) is 0 Å². The number of hydrogen-bond donors (Lipinski definition) is 2. The Morgan fingerprint density at radius 2 is 2.28 bits per heavy atom. The van der Waals surface area contributed by atoms with E-state index in [4.69, 9.17) is 0 Å². The van der Waals surface area contributed by atoms with E-state index < -0.39 is 0 Å². The fraction of sp³-hybridized carbons (Fsp3) is 0.467. The van der Waals surface area contributed by atoms with Gasteiger partial charge in [-0.05, 0) is 47.7 Å². The lowest BCUT2D eigenvalue weighted by atomic mass is 10.1. The van der Waals surface area contributed by atoms with Crippen LogP contribution in [0, 0.1) is 0 Å². The van der Waals surface area contributed by atoms with E-state index in [1.165, 1.54) is 41.5 Å². The zero-order valence-corrected chi connectivity index (χ0v) is 11.4. The summed E-state index contributed by atoms with van der Waals surface area (Å²) in [6.45, 7) is 2.13. The maximum Gasteiger partial charge on any atom is 0.0454 e. The molecule has 0 spiro atoms. The largest absolute Gasteiger partial charge is 0.361 e. The molecule has 2 heterocycles. The fourth-order valence-electron chi connectivity index (χ4n) is 2.56. The van der Waals surface area contributed by atoms with Gasteiger partial charge in [0.15, 0.2) is 0 Å². The molecule has 0 amide bonds. The number of aromatic nitrogens is 1. The second-order valence-electron chi connectivity index (χ2n) is 5.02. The van der Waals surface area contributed by atoms with Gasteiger partial charge in [0.2, 0.25) is 0 Å². The Hall–Kier alpha value is -0.930. The van der Waals surface area contributed by atoms with Crippen LogP contribution < -0.4 is 5.32 Å². The quantitative estimate of drug-likeness (QED) is 0.880. The molecule has 1 saturated heterocycles. The van der Waals surface area contributed by atoms with Crippen molar-refractivity contribution in [2.24, 2.45) is 0 Å². The van der Waals surface area contributed by atoms with E-state index >= 15 is 0 Å². The van der Waals surface area contributed by atoms with Crippen LogP contribution in [0.15, 0.2) is 30.5 Å². The van der Waals surface area contributed by atoms with Gasteiger partial charge < -0.3 is 10.3 Å². The molecule has 1 atom stereocenters. The molecular formula is C15H20N2S. The Morgan fingerprint density at radius 3 is 3.17 bits per heavy atom. The highest BCUT2D eigenvalue weighted by Crippen LogP contribution is 2.24. The van der Waals surface area contributed by atoms with Crippen LogP contribution in [-0.2, 0) is 6.54 Å². The first-order valence-corrected chi connectivity index (χ1v) is 7.85. The predicted octanol–water partition coefficient (Wildman–Crippen LogP) is 3.54. The second kappa shape index (κ2) is 5.81. The highest BCUT2D eigenvalue weighted by molar-refractivity contribution is 7.99. The van der Waals surface area contributed by atoms with Crippen LogP contribution in [0.2, 0.25) is 0 Å². The molecule has 96 valence electrons. The third-order valence-electron chi connectivity index (χ3n) is 3.59. The number of hydrogen-bond acceptors (Lipinski definition) is 2. The van der Waals surface area contributed by atoms with Gasteiger partial charge in [-0.3, -0.25) is 0 Å². The number of nitrogens with one attached hydrogen (secondary N) is 2. The molecule has 1 aromatic heterocycles. The molecule has 1 fully saturated rings. The van der Waals surface area contributed by atoms with Gasteiger partial charge in [-0.25, -0.2) is 0 Å². The highest BCUT2D eigenvalue weighted by atomic mass is 32.2. The maximum atomic E-state index is 3.60. The van der Waals surface area contributed by atoms with Crippen molar-refractivity contribution in [1.29, 1.82) is 0 Å². The Morgan fingerprint density at radius 1 is 1.28 bits per heavy atom. The van der Waals surface area contributed by atoms with Gasteiger partial charge in [0.1, 0.15) is 0 Å². The summed E-state index contributed by atoms with van der Waals surface area (Å²) >= 11 is 2.13. The van der Waals surface area contributed by atoms with Crippen LogP contribution in [0.1, 0.15) is 24.8 Å². The van der Waals surface area contributed by atoms with Crippen molar-refractivity contribution in [3.63, 3.8) is 0 Å². The summed E-state index contributed by atoms with van der Waals surface area (Å²) in [4.78, 5) is 3.23. The van der Waals surface area contributed by atoms with Crippen molar-refractivity contribution in [3.05, 3.63) is 36.0 Å². The van der Waals surface area contributed by atoms with Gasteiger partial charge in [-0.15, -0.1) is 0 Å². The summed E-state index contributed by atoms with van der Waals surface area (Å²) in [6.07, 6.45) is 6.20. The first-order chi connectivity index (χ1) is 8.92. The molecule has 1 aromatic carbocycles. The van der Waals surface area contributed by atoms with Gasteiger partial charge in [-0.2, -0.15) is 11.8 Å². The Balaban J connectivity index is 1.52. The summed E-state index contributed by atoms with van der Waals surface area (Å²) < 4.78 is 0. The topological polar surface area (TPSA) is 27.8 Å². The van der Waals surface area contributed by atoms with Crippen molar-refractivity contribution in [2.75, 3.05) is 12.3 Å². The van der Waals surface area contributed by atoms with Crippen molar-refractivity contribution in [2.45, 2.75) is 31.1 Å². The monoisotopic (exact) mass is 260 g/mol. The lowest BCUT2D eigenvalue weighted by molar-refractivity contribution is 0.598. The zero-order valence-electron chi connectivity index (χ0n) is 10.6. The number of thioether (sulfide) groups is 1. The molecule has 3 rings (SSSR count). The minimum atomic E-state index is 0.828. The average Bonchev–Trinajstić information content (AvgIpc) is 2.87. The van der Waals surface area contributed by atoms with Gasteiger partial charge in [0.05, 0.1) is 0 Å². The summed E-state index contributed by atoms with van der Waals surface area (Å²) in [5.41, 5.74) is 2.60. The summed E-state index contributed by atoms with van der Waals surface area (Å²) in [5, 5.41) is 5.73. The smallest absolute Gasteiger partial charge is 0.0454 e. The van der Waals surface area contributed by atoms with Crippen LogP contribution in [0.25, 0.3) is 10.9 Å². The number of rotatable bonds is 4. The Kier molecular flexibility index (Phi) is 3.91. The minimum absolute atomic E-state index is 0.828. The molecule has 3 heteroatoms. The molecule has 0 aliphatic carbocycles. The first kappa shape index (κ1) is 12.1. The third-order valence-corrected chi connectivity index (χ3v) is 4.99.